The minimum Gasteiger partial charge on any atom is -0.454 e. The second kappa shape index (κ2) is 7.22. The molecule has 154 valence electrons. The van der Waals surface area contributed by atoms with Crippen molar-refractivity contribution in [2.75, 3.05) is 6.54 Å². The van der Waals surface area contributed by atoms with Gasteiger partial charge in [-0.1, -0.05) is 20.8 Å². The lowest BCUT2D eigenvalue weighted by molar-refractivity contribution is -0.149. The van der Waals surface area contributed by atoms with Crippen molar-refractivity contribution < 1.29 is 23.5 Å². The number of aromatic nitrogens is 1. The van der Waals surface area contributed by atoms with Gasteiger partial charge in [0.15, 0.2) is 6.61 Å². The molecule has 0 bridgehead atoms. The molecule has 2 aliphatic rings. The monoisotopic (exact) mass is 391 g/mol. The third kappa shape index (κ3) is 3.91. The second-order valence-electron chi connectivity index (χ2n) is 8.95. The largest absolute Gasteiger partial charge is 0.454 e. The molecule has 1 aliphatic carbocycles. The highest BCUT2D eigenvalue weighted by Crippen LogP contribution is 2.43. The second-order valence-corrected chi connectivity index (χ2v) is 8.95. The Hall–Kier alpha value is -2.38. The highest BCUT2D eigenvalue weighted by atomic mass is 16.5. The zero-order valence-corrected chi connectivity index (χ0v) is 17.3. The number of aryl methyl sites for hydroxylation is 2. The van der Waals surface area contributed by atoms with E-state index >= 15 is 0 Å². The molecule has 0 atom stereocenters. The molecule has 1 spiro atoms. The number of rotatable bonds is 4. The van der Waals surface area contributed by atoms with E-state index in [1.165, 1.54) is 0 Å². The van der Waals surface area contributed by atoms with Crippen LogP contribution in [0.25, 0.3) is 0 Å². The SMILES string of the molecule is Cc1nc(COC(=O)CN2C(=O)NC3(CCC(C(C)(C)C)CC3)C2=O)oc1C. The molecule has 2 fully saturated rings. The number of amides is 3. The molecule has 3 rings (SSSR count). The van der Waals surface area contributed by atoms with Crippen molar-refractivity contribution in [3.63, 3.8) is 0 Å². The number of nitrogens with zero attached hydrogens (tertiary/aromatic N) is 2. The van der Waals surface area contributed by atoms with E-state index < -0.39 is 24.1 Å². The van der Waals surface area contributed by atoms with Crippen molar-refractivity contribution >= 4 is 17.9 Å². The predicted molar refractivity (Wildman–Crippen MR) is 100 cm³/mol. The first-order valence-electron chi connectivity index (χ1n) is 9.74. The van der Waals surface area contributed by atoms with Gasteiger partial charge in [-0.2, -0.15) is 0 Å². The molecule has 1 aromatic rings. The maximum Gasteiger partial charge on any atom is 0.326 e. The van der Waals surface area contributed by atoms with Gasteiger partial charge in [-0.3, -0.25) is 14.5 Å². The molecule has 8 nitrogen and oxygen atoms in total. The average Bonchev–Trinajstić information content (AvgIpc) is 3.04. The Labute approximate surface area is 165 Å². The molecule has 1 aliphatic heterocycles. The number of urea groups is 1. The van der Waals surface area contributed by atoms with E-state index in [1.54, 1.807) is 13.8 Å². The van der Waals surface area contributed by atoms with Crippen LogP contribution >= 0.6 is 0 Å². The van der Waals surface area contributed by atoms with E-state index in [9.17, 15) is 14.4 Å². The summed E-state index contributed by atoms with van der Waals surface area (Å²) < 4.78 is 10.5. The zero-order valence-electron chi connectivity index (χ0n) is 17.3. The van der Waals surface area contributed by atoms with Gasteiger partial charge in [-0.15, -0.1) is 0 Å². The van der Waals surface area contributed by atoms with E-state index in [0.717, 1.165) is 23.4 Å². The lowest BCUT2D eigenvalue weighted by atomic mass is 9.67. The summed E-state index contributed by atoms with van der Waals surface area (Å²) in [7, 11) is 0. The summed E-state index contributed by atoms with van der Waals surface area (Å²) >= 11 is 0. The normalized spacial score (nSPS) is 25.3. The van der Waals surface area contributed by atoms with Crippen LogP contribution in [0.4, 0.5) is 4.79 Å². The fourth-order valence-electron chi connectivity index (χ4n) is 4.05. The first-order chi connectivity index (χ1) is 13.0. The van der Waals surface area contributed by atoms with E-state index in [-0.39, 0.29) is 23.8 Å². The molecule has 3 amide bonds. The number of imide groups is 1. The quantitative estimate of drug-likeness (QED) is 0.625. The number of nitrogens with one attached hydrogen (secondary N) is 1. The summed E-state index contributed by atoms with van der Waals surface area (Å²) in [6.07, 6.45) is 2.94. The summed E-state index contributed by atoms with van der Waals surface area (Å²) in [5.74, 6) is 0.460. The fraction of sp³-hybridized carbons (Fsp3) is 0.700. The van der Waals surface area contributed by atoms with Gasteiger partial charge in [-0.05, 0) is 50.9 Å². The van der Waals surface area contributed by atoms with Crippen LogP contribution in [0.5, 0.6) is 0 Å². The molecular weight excluding hydrogens is 362 g/mol. The van der Waals surface area contributed by atoms with E-state index in [2.05, 4.69) is 31.1 Å². The summed E-state index contributed by atoms with van der Waals surface area (Å²) in [4.78, 5) is 42.5. The minimum absolute atomic E-state index is 0.129. The first kappa shape index (κ1) is 20.4. The summed E-state index contributed by atoms with van der Waals surface area (Å²) in [6, 6.07) is -0.529. The number of hydrogen-bond donors (Lipinski definition) is 1. The van der Waals surface area contributed by atoms with E-state index in [0.29, 0.717) is 24.5 Å². The highest BCUT2D eigenvalue weighted by molar-refractivity contribution is 6.08. The maximum absolute atomic E-state index is 12.9. The van der Waals surface area contributed by atoms with Crippen LogP contribution in [0.1, 0.15) is 63.8 Å². The van der Waals surface area contributed by atoms with Crippen molar-refractivity contribution in [2.45, 2.75) is 72.4 Å². The molecule has 0 radical (unpaired) electrons. The third-order valence-corrected chi connectivity index (χ3v) is 6.03. The van der Waals surface area contributed by atoms with Gasteiger partial charge in [0.2, 0.25) is 5.89 Å². The lowest BCUT2D eigenvalue weighted by Gasteiger charge is -2.40. The molecule has 28 heavy (non-hydrogen) atoms. The fourth-order valence-corrected chi connectivity index (χ4v) is 4.05. The Balaban J connectivity index is 1.57. The average molecular weight is 391 g/mol. The molecule has 0 unspecified atom stereocenters. The van der Waals surface area contributed by atoms with Crippen molar-refractivity contribution in [3.8, 4) is 0 Å². The third-order valence-electron chi connectivity index (χ3n) is 6.03. The van der Waals surface area contributed by atoms with Gasteiger partial charge < -0.3 is 14.5 Å². The van der Waals surface area contributed by atoms with Crippen LogP contribution in [0, 0.1) is 25.2 Å². The maximum atomic E-state index is 12.9. The Morgan fingerprint density at radius 3 is 2.46 bits per heavy atom. The van der Waals surface area contributed by atoms with Crippen LogP contribution in [-0.2, 0) is 20.9 Å². The van der Waals surface area contributed by atoms with E-state index in [4.69, 9.17) is 9.15 Å². The Morgan fingerprint density at radius 1 is 1.29 bits per heavy atom. The standard InChI is InChI=1S/C20H29N3O5/c1-12-13(2)28-15(21-12)11-27-16(24)10-23-17(25)20(22-18(23)26)8-6-14(7-9-20)19(3,4)5/h14H,6-11H2,1-5H3,(H,22,26). The lowest BCUT2D eigenvalue weighted by Crippen LogP contribution is -2.50. The van der Waals surface area contributed by atoms with Gasteiger partial charge in [0, 0.05) is 0 Å². The van der Waals surface area contributed by atoms with Gasteiger partial charge in [0.1, 0.15) is 17.8 Å². The number of carbonyl (C=O) groups is 3. The van der Waals surface area contributed by atoms with Crippen LogP contribution in [0.15, 0.2) is 4.42 Å². The Bertz CT molecular complexity index is 765. The summed E-state index contributed by atoms with van der Waals surface area (Å²) in [5, 5.41) is 2.83. The van der Waals surface area contributed by atoms with Crippen molar-refractivity contribution in [3.05, 3.63) is 17.3 Å². The number of carbonyl (C=O) groups excluding carboxylic acids is 3. The minimum atomic E-state index is -0.879. The molecule has 1 saturated carbocycles. The van der Waals surface area contributed by atoms with Crippen molar-refractivity contribution in [1.29, 1.82) is 0 Å². The van der Waals surface area contributed by atoms with Gasteiger partial charge in [0.25, 0.3) is 5.91 Å². The van der Waals surface area contributed by atoms with Crippen molar-refractivity contribution in [2.24, 2.45) is 11.3 Å². The van der Waals surface area contributed by atoms with Crippen molar-refractivity contribution in [1.82, 2.24) is 15.2 Å². The number of hydrogen-bond acceptors (Lipinski definition) is 6. The molecule has 8 heteroatoms. The number of esters is 1. The predicted octanol–water partition coefficient (Wildman–Crippen LogP) is 2.86. The number of ether oxygens (including phenoxy) is 1. The van der Waals surface area contributed by atoms with Gasteiger partial charge >= 0.3 is 12.0 Å². The van der Waals surface area contributed by atoms with E-state index in [1.807, 2.05) is 0 Å². The van der Waals surface area contributed by atoms with Gasteiger partial charge in [0.05, 0.1) is 5.69 Å². The summed E-state index contributed by atoms with van der Waals surface area (Å²) in [5.41, 5.74) is 0.0245. The molecular formula is C20H29N3O5. The first-order valence-corrected chi connectivity index (χ1v) is 9.74. The Morgan fingerprint density at radius 2 is 1.93 bits per heavy atom. The molecule has 1 aromatic heterocycles. The van der Waals surface area contributed by atoms with Crippen LogP contribution in [0.2, 0.25) is 0 Å². The molecule has 0 aromatic carbocycles. The zero-order chi connectivity index (χ0) is 20.7. The smallest absolute Gasteiger partial charge is 0.326 e. The highest BCUT2D eigenvalue weighted by Gasteiger charge is 2.53. The molecule has 1 saturated heterocycles. The van der Waals surface area contributed by atoms with Crippen LogP contribution < -0.4 is 5.32 Å². The molecule has 1 N–H and O–H groups in total. The topological polar surface area (TPSA) is 102 Å². The molecule has 2 heterocycles. The van der Waals surface area contributed by atoms with Crippen LogP contribution in [0.3, 0.4) is 0 Å². The Kier molecular flexibility index (Phi) is 5.25. The van der Waals surface area contributed by atoms with Gasteiger partial charge in [-0.25, -0.2) is 9.78 Å². The van der Waals surface area contributed by atoms with Crippen LogP contribution in [-0.4, -0.2) is 39.9 Å². The summed E-state index contributed by atoms with van der Waals surface area (Å²) in [6.45, 7) is 9.63. The number of oxazole rings is 1.